The van der Waals surface area contributed by atoms with E-state index in [0.29, 0.717) is 4.47 Å². The molecule has 0 aliphatic carbocycles. The third kappa shape index (κ3) is 2.51. The molecule has 0 radical (unpaired) electrons. The van der Waals surface area contributed by atoms with Gasteiger partial charge >= 0.3 is 0 Å². The third-order valence-electron chi connectivity index (χ3n) is 2.29. The highest BCUT2D eigenvalue weighted by atomic mass is 79.9. The standard InChI is InChI=1S/C11H6Br2F2N2O/c12-7-4-16-17(11(18)9(7)13)5-6-2-1-3-8(14)10(6)15/h1-4H,5H2. The summed E-state index contributed by atoms with van der Waals surface area (Å²) in [7, 11) is 0. The SMILES string of the molecule is O=c1c(Br)c(Br)cnn1Cc1cccc(F)c1F. The highest BCUT2D eigenvalue weighted by molar-refractivity contribution is 9.13. The second-order valence-electron chi connectivity index (χ2n) is 3.48. The van der Waals surface area contributed by atoms with E-state index < -0.39 is 17.2 Å². The van der Waals surface area contributed by atoms with Crippen molar-refractivity contribution in [2.75, 3.05) is 0 Å². The number of hydrogen-bond donors (Lipinski definition) is 0. The van der Waals surface area contributed by atoms with Gasteiger partial charge in [0.1, 0.15) is 4.47 Å². The monoisotopic (exact) mass is 378 g/mol. The van der Waals surface area contributed by atoms with Gasteiger partial charge in [-0.2, -0.15) is 5.10 Å². The summed E-state index contributed by atoms with van der Waals surface area (Å²) in [6, 6.07) is 3.81. The van der Waals surface area contributed by atoms with E-state index in [-0.39, 0.29) is 16.6 Å². The fourth-order valence-corrected chi connectivity index (χ4v) is 1.96. The van der Waals surface area contributed by atoms with E-state index in [1.165, 1.54) is 18.3 Å². The second-order valence-corrected chi connectivity index (χ2v) is 5.13. The lowest BCUT2D eigenvalue weighted by Gasteiger charge is -2.07. The van der Waals surface area contributed by atoms with Crippen molar-refractivity contribution in [1.82, 2.24) is 9.78 Å². The summed E-state index contributed by atoms with van der Waals surface area (Å²) >= 11 is 6.22. The number of halogens is 4. The molecule has 2 rings (SSSR count). The Bertz CT molecular complexity index is 658. The third-order valence-corrected chi connectivity index (χ3v) is 4.19. The van der Waals surface area contributed by atoms with Crippen molar-refractivity contribution >= 4 is 31.9 Å². The van der Waals surface area contributed by atoms with Crippen molar-refractivity contribution in [2.24, 2.45) is 0 Å². The van der Waals surface area contributed by atoms with Crippen molar-refractivity contribution < 1.29 is 8.78 Å². The minimum Gasteiger partial charge on any atom is -0.266 e. The predicted octanol–water partition coefficient (Wildman–Crippen LogP) is 3.09. The molecule has 0 amide bonds. The highest BCUT2D eigenvalue weighted by Gasteiger charge is 2.11. The van der Waals surface area contributed by atoms with Gasteiger partial charge in [0.05, 0.1) is 17.2 Å². The maximum atomic E-state index is 13.5. The fourth-order valence-electron chi connectivity index (χ4n) is 1.39. The first kappa shape index (κ1) is 13.4. The van der Waals surface area contributed by atoms with Gasteiger partial charge in [0.25, 0.3) is 5.56 Å². The Morgan fingerprint density at radius 2 is 2.00 bits per heavy atom. The van der Waals surface area contributed by atoms with Crippen LogP contribution in [0.2, 0.25) is 0 Å². The summed E-state index contributed by atoms with van der Waals surface area (Å²) in [6.45, 7) is -0.131. The number of rotatable bonds is 2. The minimum atomic E-state index is -0.967. The summed E-state index contributed by atoms with van der Waals surface area (Å²) < 4.78 is 28.3. The van der Waals surface area contributed by atoms with Crippen LogP contribution in [0.1, 0.15) is 5.56 Å². The molecule has 0 saturated carbocycles. The van der Waals surface area contributed by atoms with Gasteiger partial charge in [-0.3, -0.25) is 4.79 Å². The predicted molar refractivity (Wildman–Crippen MR) is 69.4 cm³/mol. The van der Waals surface area contributed by atoms with Crippen molar-refractivity contribution in [3.05, 3.63) is 60.9 Å². The summed E-state index contributed by atoms with van der Waals surface area (Å²) in [5.41, 5.74) is -0.355. The van der Waals surface area contributed by atoms with Crippen LogP contribution >= 0.6 is 31.9 Å². The van der Waals surface area contributed by atoms with E-state index in [2.05, 4.69) is 37.0 Å². The molecule has 0 N–H and O–H groups in total. The number of benzene rings is 1. The molecule has 0 aliphatic rings. The molecule has 0 spiro atoms. The Labute approximate surface area is 118 Å². The molecule has 94 valence electrons. The number of aromatic nitrogens is 2. The topological polar surface area (TPSA) is 34.9 Å². The molecule has 0 atom stereocenters. The summed E-state index contributed by atoms with van der Waals surface area (Å²) in [6.07, 6.45) is 1.41. The first-order valence-corrected chi connectivity index (χ1v) is 6.43. The first-order chi connectivity index (χ1) is 8.50. The van der Waals surface area contributed by atoms with E-state index in [9.17, 15) is 13.6 Å². The Hall–Kier alpha value is -1.08. The molecule has 2 aromatic rings. The van der Waals surface area contributed by atoms with Crippen LogP contribution in [0.15, 0.2) is 38.1 Å². The normalized spacial score (nSPS) is 10.7. The van der Waals surface area contributed by atoms with Gasteiger partial charge in [-0.15, -0.1) is 0 Å². The molecule has 1 heterocycles. The molecule has 0 bridgehead atoms. The Kier molecular flexibility index (Phi) is 3.91. The van der Waals surface area contributed by atoms with E-state index in [0.717, 1.165) is 10.7 Å². The van der Waals surface area contributed by atoms with Gasteiger partial charge in [0.2, 0.25) is 0 Å². The van der Waals surface area contributed by atoms with Crippen LogP contribution in [0.3, 0.4) is 0 Å². The smallest absolute Gasteiger partial charge is 0.266 e. The van der Waals surface area contributed by atoms with Gasteiger partial charge in [-0.1, -0.05) is 12.1 Å². The van der Waals surface area contributed by atoms with Crippen LogP contribution in [-0.2, 0) is 6.54 Å². The zero-order chi connectivity index (χ0) is 13.3. The zero-order valence-corrected chi connectivity index (χ0v) is 12.0. The van der Waals surface area contributed by atoms with Gasteiger partial charge in [0.15, 0.2) is 11.6 Å². The average Bonchev–Trinajstić information content (AvgIpc) is 2.35. The molecule has 0 fully saturated rings. The molecule has 0 saturated heterocycles. The maximum absolute atomic E-state index is 13.5. The van der Waals surface area contributed by atoms with Gasteiger partial charge in [0, 0.05) is 5.56 Å². The first-order valence-electron chi connectivity index (χ1n) is 4.84. The molecule has 18 heavy (non-hydrogen) atoms. The van der Waals surface area contributed by atoms with Crippen LogP contribution in [0.4, 0.5) is 8.78 Å². The lowest BCUT2D eigenvalue weighted by molar-refractivity contribution is 0.489. The molecular weight excluding hydrogens is 374 g/mol. The maximum Gasteiger partial charge on any atom is 0.282 e. The zero-order valence-electron chi connectivity index (χ0n) is 8.83. The van der Waals surface area contributed by atoms with E-state index in [1.807, 2.05) is 0 Å². The van der Waals surface area contributed by atoms with Crippen molar-refractivity contribution in [1.29, 1.82) is 0 Å². The fraction of sp³-hybridized carbons (Fsp3) is 0.0909. The molecule has 0 aliphatic heterocycles. The Morgan fingerprint density at radius 1 is 1.28 bits per heavy atom. The lowest BCUT2D eigenvalue weighted by atomic mass is 10.2. The van der Waals surface area contributed by atoms with E-state index in [1.54, 1.807) is 0 Å². The number of nitrogens with zero attached hydrogens (tertiary/aromatic N) is 2. The summed E-state index contributed by atoms with van der Waals surface area (Å²) in [5, 5.41) is 3.84. The van der Waals surface area contributed by atoms with Gasteiger partial charge < -0.3 is 0 Å². The van der Waals surface area contributed by atoms with Gasteiger partial charge in [-0.05, 0) is 37.9 Å². The number of hydrogen-bond acceptors (Lipinski definition) is 2. The van der Waals surface area contributed by atoms with Gasteiger partial charge in [-0.25, -0.2) is 13.5 Å². The van der Waals surface area contributed by atoms with Crippen LogP contribution in [-0.4, -0.2) is 9.78 Å². The van der Waals surface area contributed by atoms with Crippen molar-refractivity contribution in [3.63, 3.8) is 0 Å². The molecule has 7 heteroatoms. The Morgan fingerprint density at radius 3 is 2.72 bits per heavy atom. The highest BCUT2D eigenvalue weighted by Crippen LogP contribution is 2.17. The molecule has 1 aromatic heterocycles. The largest absolute Gasteiger partial charge is 0.282 e. The summed E-state index contributed by atoms with van der Waals surface area (Å²) in [4.78, 5) is 11.8. The van der Waals surface area contributed by atoms with E-state index in [4.69, 9.17) is 0 Å². The van der Waals surface area contributed by atoms with E-state index >= 15 is 0 Å². The second kappa shape index (κ2) is 5.27. The Balaban J connectivity index is 2.44. The summed E-state index contributed by atoms with van der Waals surface area (Å²) in [5.74, 6) is -1.91. The van der Waals surface area contributed by atoms with Crippen molar-refractivity contribution in [2.45, 2.75) is 6.54 Å². The van der Waals surface area contributed by atoms with Crippen LogP contribution < -0.4 is 5.56 Å². The van der Waals surface area contributed by atoms with Crippen LogP contribution in [0.25, 0.3) is 0 Å². The molecular formula is C11H6Br2F2N2O. The quantitative estimate of drug-likeness (QED) is 0.803. The van der Waals surface area contributed by atoms with Crippen LogP contribution in [0, 0.1) is 11.6 Å². The molecule has 3 nitrogen and oxygen atoms in total. The molecule has 1 aromatic carbocycles. The lowest BCUT2D eigenvalue weighted by Crippen LogP contribution is -2.24. The average molecular weight is 380 g/mol. The van der Waals surface area contributed by atoms with Crippen LogP contribution in [0.5, 0.6) is 0 Å². The molecule has 0 unspecified atom stereocenters. The minimum absolute atomic E-state index is 0.0684. The van der Waals surface area contributed by atoms with Crippen molar-refractivity contribution in [3.8, 4) is 0 Å².